The first-order valence-electron chi connectivity index (χ1n) is 8.87. The van der Waals surface area contributed by atoms with Crippen LogP contribution in [0.5, 0.6) is 0 Å². The van der Waals surface area contributed by atoms with Gasteiger partial charge in [-0.2, -0.15) is 16.8 Å². The Morgan fingerprint density at radius 2 is 1.64 bits per heavy atom. The van der Waals surface area contributed by atoms with Gasteiger partial charge in [-0.05, 0) is 24.3 Å². The van der Waals surface area contributed by atoms with Crippen LogP contribution in [-0.4, -0.2) is 30.9 Å². The molecule has 5 N–H and O–H groups in total. The SMILES string of the molecule is N=c1ccc2c(-c3ccccc3[N+](=O)[O-])c3cc(S(=O)(=O)O)c(N)cc3oc-2c1S(=O)(=O)O. The van der Waals surface area contributed by atoms with Crippen molar-refractivity contribution >= 4 is 42.6 Å². The Balaban J connectivity index is 2.35. The van der Waals surface area contributed by atoms with Crippen LogP contribution in [0.15, 0.2) is 62.7 Å². The van der Waals surface area contributed by atoms with Crippen LogP contribution in [-0.2, 0) is 20.2 Å². The molecule has 0 saturated heterocycles. The molecule has 2 aliphatic rings. The van der Waals surface area contributed by atoms with Gasteiger partial charge in [0.05, 0.1) is 21.5 Å². The van der Waals surface area contributed by atoms with Crippen LogP contribution in [0.3, 0.4) is 0 Å². The third-order valence-corrected chi connectivity index (χ3v) is 6.71. The number of nitro groups is 1. The van der Waals surface area contributed by atoms with Gasteiger partial charge in [0.15, 0.2) is 10.7 Å². The maximum atomic E-state index is 12.0. The highest BCUT2D eigenvalue weighted by Crippen LogP contribution is 2.45. The summed E-state index contributed by atoms with van der Waals surface area (Å²) in [6.07, 6.45) is 0. The van der Waals surface area contributed by atoms with Crippen LogP contribution in [0.4, 0.5) is 11.4 Å². The van der Waals surface area contributed by atoms with Crippen LogP contribution in [0.1, 0.15) is 0 Å². The van der Waals surface area contributed by atoms with Crippen molar-refractivity contribution in [3.05, 3.63) is 64.0 Å². The maximum absolute atomic E-state index is 12.0. The second-order valence-electron chi connectivity index (χ2n) is 6.91. The Bertz CT molecular complexity index is 1730. The van der Waals surface area contributed by atoms with E-state index in [1.54, 1.807) is 0 Å². The van der Waals surface area contributed by atoms with E-state index in [9.17, 15) is 36.1 Å². The normalized spacial score (nSPS) is 12.3. The summed E-state index contributed by atoms with van der Waals surface area (Å²) in [6, 6.07) is 9.59. The lowest BCUT2D eigenvalue weighted by Crippen LogP contribution is -2.16. The molecule has 14 heteroatoms. The molecule has 1 aliphatic carbocycles. The third kappa shape index (κ3) is 3.70. The van der Waals surface area contributed by atoms with Gasteiger partial charge in [0.1, 0.15) is 10.5 Å². The molecular formula is C19H13N3O9S2. The van der Waals surface area contributed by atoms with Gasteiger partial charge in [-0.15, -0.1) is 0 Å². The molecule has 0 radical (unpaired) electrons. The first-order chi connectivity index (χ1) is 15.3. The molecule has 0 amide bonds. The number of nitrogens with two attached hydrogens (primary N) is 1. The maximum Gasteiger partial charge on any atom is 0.300 e. The smallest absolute Gasteiger partial charge is 0.300 e. The molecule has 0 aromatic heterocycles. The second kappa shape index (κ2) is 7.35. The van der Waals surface area contributed by atoms with Crippen LogP contribution >= 0.6 is 0 Å². The van der Waals surface area contributed by atoms with Crippen molar-refractivity contribution in [3.8, 4) is 22.5 Å². The quantitative estimate of drug-likeness (QED) is 0.108. The summed E-state index contributed by atoms with van der Waals surface area (Å²) in [6.45, 7) is 0. The molecular weight excluding hydrogens is 478 g/mol. The lowest BCUT2D eigenvalue weighted by molar-refractivity contribution is -0.384. The Hall–Kier alpha value is -3.85. The summed E-state index contributed by atoms with van der Waals surface area (Å²) in [5.41, 5.74) is 4.51. The first kappa shape index (κ1) is 22.3. The number of benzene rings is 3. The van der Waals surface area contributed by atoms with Crippen molar-refractivity contribution in [3.63, 3.8) is 0 Å². The number of para-hydroxylation sites is 1. The van der Waals surface area contributed by atoms with E-state index in [4.69, 9.17) is 15.6 Å². The predicted octanol–water partition coefficient (Wildman–Crippen LogP) is 2.67. The molecule has 170 valence electrons. The number of nitro benzene ring substituents is 1. The van der Waals surface area contributed by atoms with Crippen molar-refractivity contribution in [2.24, 2.45) is 0 Å². The fourth-order valence-corrected chi connectivity index (χ4v) is 4.94. The highest BCUT2D eigenvalue weighted by molar-refractivity contribution is 7.86. The molecule has 0 bridgehead atoms. The highest BCUT2D eigenvalue weighted by atomic mass is 32.2. The molecule has 1 aliphatic heterocycles. The van der Waals surface area contributed by atoms with Crippen LogP contribution in [0.25, 0.3) is 33.4 Å². The van der Waals surface area contributed by atoms with Gasteiger partial charge < -0.3 is 10.2 Å². The summed E-state index contributed by atoms with van der Waals surface area (Å²) in [4.78, 5) is 9.41. The van der Waals surface area contributed by atoms with Gasteiger partial charge in [-0.1, -0.05) is 12.1 Å². The van der Waals surface area contributed by atoms with Gasteiger partial charge in [-0.25, -0.2) is 0 Å². The van der Waals surface area contributed by atoms with Crippen molar-refractivity contribution in [1.29, 1.82) is 5.41 Å². The van der Waals surface area contributed by atoms with E-state index < -0.39 is 57.4 Å². The Morgan fingerprint density at radius 1 is 0.970 bits per heavy atom. The first-order valence-corrected chi connectivity index (χ1v) is 11.7. The zero-order valence-electron chi connectivity index (χ0n) is 16.2. The van der Waals surface area contributed by atoms with Crippen molar-refractivity contribution in [2.75, 3.05) is 5.73 Å². The number of nitrogens with zero attached hydrogens (tertiary/aromatic N) is 1. The van der Waals surface area contributed by atoms with E-state index in [0.717, 1.165) is 18.2 Å². The molecule has 2 aromatic rings. The molecule has 0 fully saturated rings. The molecule has 0 saturated carbocycles. The number of fused-ring (bicyclic) bond motifs is 2. The minimum Gasteiger partial charge on any atom is -0.454 e. The number of anilines is 1. The van der Waals surface area contributed by atoms with Gasteiger partial charge in [0, 0.05) is 28.6 Å². The fraction of sp³-hybridized carbons (Fsp3) is 0. The zero-order chi connectivity index (χ0) is 24.3. The average molecular weight is 491 g/mol. The summed E-state index contributed by atoms with van der Waals surface area (Å²) in [5.74, 6) is -0.496. The van der Waals surface area contributed by atoms with Gasteiger partial charge in [0.2, 0.25) is 0 Å². The van der Waals surface area contributed by atoms with E-state index in [1.807, 2.05) is 0 Å². The molecule has 0 atom stereocenters. The minimum atomic E-state index is -4.98. The summed E-state index contributed by atoms with van der Waals surface area (Å²) in [5, 5.41) is 18.9. The summed E-state index contributed by atoms with van der Waals surface area (Å²) in [7, 11) is -9.79. The number of nitrogen functional groups attached to an aromatic ring is 1. The Kier molecular flexibility index (Phi) is 4.97. The van der Waals surface area contributed by atoms with E-state index >= 15 is 0 Å². The second-order valence-corrected chi connectivity index (χ2v) is 9.65. The van der Waals surface area contributed by atoms with Crippen LogP contribution in [0.2, 0.25) is 0 Å². The van der Waals surface area contributed by atoms with E-state index in [-0.39, 0.29) is 27.7 Å². The monoisotopic (exact) mass is 491 g/mol. The number of rotatable bonds is 4. The van der Waals surface area contributed by atoms with Gasteiger partial charge in [-0.3, -0.25) is 24.6 Å². The largest absolute Gasteiger partial charge is 0.454 e. The molecule has 2 aromatic carbocycles. The van der Waals surface area contributed by atoms with Crippen LogP contribution in [0, 0.1) is 15.5 Å². The van der Waals surface area contributed by atoms with Gasteiger partial charge in [0.25, 0.3) is 25.9 Å². The topological polar surface area (TPSA) is 215 Å². The number of hydrogen-bond acceptors (Lipinski definition) is 9. The zero-order valence-corrected chi connectivity index (χ0v) is 17.8. The summed E-state index contributed by atoms with van der Waals surface area (Å²) < 4.78 is 72.5. The Morgan fingerprint density at radius 3 is 2.24 bits per heavy atom. The van der Waals surface area contributed by atoms with Crippen molar-refractivity contribution in [2.45, 2.75) is 9.79 Å². The van der Waals surface area contributed by atoms with Crippen molar-refractivity contribution < 1.29 is 35.3 Å². The highest BCUT2D eigenvalue weighted by Gasteiger charge is 2.30. The van der Waals surface area contributed by atoms with E-state index in [0.29, 0.717) is 0 Å². The lowest BCUT2D eigenvalue weighted by atomic mass is 9.92. The minimum absolute atomic E-state index is 0.0339. The average Bonchev–Trinajstić information content (AvgIpc) is 2.69. The fourth-order valence-electron chi connectivity index (χ4n) is 3.59. The van der Waals surface area contributed by atoms with E-state index in [2.05, 4.69) is 0 Å². The summed E-state index contributed by atoms with van der Waals surface area (Å²) >= 11 is 0. The van der Waals surface area contributed by atoms with Crippen LogP contribution < -0.4 is 11.1 Å². The number of hydrogen-bond donors (Lipinski definition) is 4. The standard InChI is InChI=1S/C19H13N3O9S2/c20-12-6-5-10-17(9-3-1-2-4-14(9)22(23)24)11-7-16(32(25,26)27)13(21)8-15(11)31-18(10)19(12)33(28,29)30/h1-8,20H,21H2,(H,25,26,27)(H,28,29,30). The molecule has 33 heavy (non-hydrogen) atoms. The number of nitrogens with one attached hydrogen (secondary N) is 1. The molecule has 0 unspecified atom stereocenters. The van der Waals surface area contributed by atoms with Gasteiger partial charge >= 0.3 is 0 Å². The molecule has 12 nitrogen and oxygen atoms in total. The predicted molar refractivity (Wildman–Crippen MR) is 115 cm³/mol. The Labute approximate surface area is 185 Å². The third-order valence-electron chi connectivity index (χ3n) is 4.88. The van der Waals surface area contributed by atoms with E-state index in [1.165, 1.54) is 30.3 Å². The lowest BCUT2D eigenvalue weighted by Gasteiger charge is -2.18. The molecule has 0 spiro atoms. The molecule has 4 rings (SSSR count). The van der Waals surface area contributed by atoms with Crippen molar-refractivity contribution in [1.82, 2.24) is 0 Å². The molecule has 1 heterocycles.